The fraction of sp³-hybridized carbons (Fsp3) is 0.643. The van der Waals surface area contributed by atoms with E-state index in [1.807, 2.05) is 11.4 Å². The van der Waals surface area contributed by atoms with Crippen LogP contribution in [0.2, 0.25) is 0 Å². The number of thiophene rings is 1. The highest BCUT2D eigenvalue weighted by atomic mass is 32.1. The smallest absolute Gasteiger partial charge is 0.249 e. The van der Waals surface area contributed by atoms with E-state index in [0.29, 0.717) is 5.56 Å². The number of fused-ring (bicyclic) bond motifs is 5. The average Bonchev–Trinajstić information content (AvgIpc) is 2.81. The first kappa shape index (κ1) is 11.0. The summed E-state index contributed by atoms with van der Waals surface area (Å²) in [6, 6.07) is 2.68. The highest BCUT2D eigenvalue weighted by molar-refractivity contribution is 7.10. The minimum Gasteiger partial charge on any atom is -0.366 e. The largest absolute Gasteiger partial charge is 0.366 e. The standard InChI is InChI=1S/C14H18N2OS/c15-14(17)9-4-10(18-6-9)5-16-13-11-7-1-2-8(3-7)12(11)13/h4,6-8,11-13,16H,1-3,5H2,(H2,15,17). The second kappa shape index (κ2) is 3.81. The summed E-state index contributed by atoms with van der Waals surface area (Å²) in [5.74, 6) is 3.65. The molecule has 1 heterocycles. The molecule has 0 saturated heterocycles. The number of rotatable bonds is 4. The van der Waals surface area contributed by atoms with Gasteiger partial charge in [-0.1, -0.05) is 0 Å². The van der Waals surface area contributed by atoms with Gasteiger partial charge in [0.2, 0.25) is 5.91 Å². The van der Waals surface area contributed by atoms with Crippen molar-refractivity contribution in [3.05, 3.63) is 21.9 Å². The maximum Gasteiger partial charge on any atom is 0.249 e. The van der Waals surface area contributed by atoms with Crippen molar-refractivity contribution in [1.29, 1.82) is 0 Å². The fourth-order valence-corrected chi connectivity index (χ4v) is 5.24. The molecular formula is C14H18N2OS. The normalized spacial score (nSPS) is 39.9. The van der Waals surface area contributed by atoms with E-state index in [-0.39, 0.29) is 5.91 Å². The zero-order valence-corrected chi connectivity index (χ0v) is 11.1. The Morgan fingerprint density at radius 1 is 1.39 bits per heavy atom. The predicted octanol–water partition coefficient (Wildman–Crippen LogP) is 1.98. The second-order valence-electron chi connectivity index (χ2n) is 6.06. The summed E-state index contributed by atoms with van der Waals surface area (Å²) in [7, 11) is 0. The Morgan fingerprint density at radius 3 is 2.72 bits per heavy atom. The van der Waals surface area contributed by atoms with Gasteiger partial charge in [0.25, 0.3) is 0 Å². The highest BCUT2D eigenvalue weighted by Crippen LogP contribution is 2.65. The van der Waals surface area contributed by atoms with Crippen LogP contribution in [0.25, 0.3) is 0 Å². The zero-order chi connectivity index (χ0) is 12.3. The molecule has 3 N–H and O–H groups in total. The van der Waals surface area contributed by atoms with Crippen LogP contribution in [0.15, 0.2) is 11.4 Å². The quantitative estimate of drug-likeness (QED) is 0.871. The third kappa shape index (κ3) is 1.55. The van der Waals surface area contributed by atoms with Crippen LogP contribution in [0, 0.1) is 23.7 Å². The van der Waals surface area contributed by atoms with E-state index >= 15 is 0 Å². The van der Waals surface area contributed by atoms with E-state index in [1.165, 1.54) is 24.1 Å². The predicted molar refractivity (Wildman–Crippen MR) is 71.3 cm³/mol. The Labute approximate surface area is 111 Å². The summed E-state index contributed by atoms with van der Waals surface area (Å²) in [5, 5.41) is 5.54. The van der Waals surface area contributed by atoms with E-state index in [0.717, 1.165) is 36.3 Å². The molecular weight excluding hydrogens is 244 g/mol. The molecule has 96 valence electrons. The van der Waals surface area contributed by atoms with E-state index in [4.69, 9.17) is 5.73 Å². The Balaban J connectivity index is 1.36. The van der Waals surface area contributed by atoms with Crippen LogP contribution in [0.1, 0.15) is 34.5 Å². The van der Waals surface area contributed by atoms with Gasteiger partial charge >= 0.3 is 0 Å². The number of hydrogen-bond acceptors (Lipinski definition) is 3. The average molecular weight is 262 g/mol. The topological polar surface area (TPSA) is 55.1 Å². The molecule has 1 amide bonds. The van der Waals surface area contributed by atoms with Gasteiger partial charge in [0.15, 0.2) is 0 Å². The molecule has 1 aromatic rings. The van der Waals surface area contributed by atoms with Crippen LogP contribution < -0.4 is 11.1 Å². The number of nitrogens with two attached hydrogens (primary N) is 1. The van der Waals surface area contributed by atoms with Gasteiger partial charge in [-0.25, -0.2) is 0 Å². The van der Waals surface area contributed by atoms with Crippen molar-refractivity contribution in [3.8, 4) is 0 Å². The molecule has 0 aromatic carbocycles. The lowest BCUT2D eigenvalue weighted by atomic mass is 10.0. The summed E-state index contributed by atoms with van der Waals surface area (Å²) in [4.78, 5) is 12.3. The van der Waals surface area contributed by atoms with Crippen molar-refractivity contribution in [2.75, 3.05) is 0 Å². The maximum absolute atomic E-state index is 11.0. The molecule has 4 heteroatoms. The van der Waals surface area contributed by atoms with Gasteiger partial charge in [-0.15, -0.1) is 11.3 Å². The van der Waals surface area contributed by atoms with Gasteiger partial charge in [-0.3, -0.25) is 4.79 Å². The van der Waals surface area contributed by atoms with Gasteiger partial charge in [-0.2, -0.15) is 0 Å². The lowest BCUT2D eigenvalue weighted by molar-refractivity contribution is 0.100. The molecule has 3 aliphatic carbocycles. The molecule has 0 aliphatic heterocycles. The van der Waals surface area contributed by atoms with Gasteiger partial charge in [0.05, 0.1) is 5.56 Å². The van der Waals surface area contributed by atoms with Crippen molar-refractivity contribution < 1.29 is 4.79 Å². The van der Waals surface area contributed by atoms with Crippen LogP contribution in [0.3, 0.4) is 0 Å². The second-order valence-corrected chi connectivity index (χ2v) is 7.06. The van der Waals surface area contributed by atoms with Crippen LogP contribution in [-0.2, 0) is 6.54 Å². The SMILES string of the molecule is NC(=O)c1csc(CNC2C3C4CCC(C4)C23)c1. The first-order chi connectivity index (χ1) is 8.74. The van der Waals surface area contributed by atoms with Crippen molar-refractivity contribution >= 4 is 17.2 Å². The molecule has 3 fully saturated rings. The van der Waals surface area contributed by atoms with E-state index in [9.17, 15) is 4.79 Å². The van der Waals surface area contributed by atoms with Gasteiger partial charge in [-0.05, 0) is 49.0 Å². The monoisotopic (exact) mass is 262 g/mol. The Morgan fingerprint density at radius 2 is 2.11 bits per heavy atom. The molecule has 0 spiro atoms. The lowest BCUT2D eigenvalue weighted by Crippen LogP contribution is -2.22. The van der Waals surface area contributed by atoms with Crippen molar-refractivity contribution in [3.63, 3.8) is 0 Å². The van der Waals surface area contributed by atoms with Crippen molar-refractivity contribution in [1.82, 2.24) is 5.32 Å². The Bertz CT molecular complexity index is 482. The molecule has 4 atom stereocenters. The van der Waals surface area contributed by atoms with Crippen LogP contribution in [0.5, 0.6) is 0 Å². The van der Waals surface area contributed by atoms with Crippen LogP contribution in [-0.4, -0.2) is 11.9 Å². The highest BCUT2D eigenvalue weighted by Gasteiger charge is 2.64. The summed E-state index contributed by atoms with van der Waals surface area (Å²) in [6.07, 6.45) is 4.43. The number of carbonyl (C=O) groups is 1. The Hall–Kier alpha value is -0.870. The van der Waals surface area contributed by atoms with Crippen LogP contribution in [0.4, 0.5) is 0 Å². The number of amides is 1. The molecule has 18 heavy (non-hydrogen) atoms. The molecule has 1 aromatic heterocycles. The molecule has 4 unspecified atom stereocenters. The van der Waals surface area contributed by atoms with Gasteiger partial charge < -0.3 is 11.1 Å². The van der Waals surface area contributed by atoms with Crippen molar-refractivity contribution in [2.24, 2.45) is 29.4 Å². The maximum atomic E-state index is 11.0. The summed E-state index contributed by atoms with van der Waals surface area (Å²) in [6.45, 7) is 0.898. The molecule has 3 nitrogen and oxygen atoms in total. The van der Waals surface area contributed by atoms with Crippen LogP contribution >= 0.6 is 11.3 Å². The van der Waals surface area contributed by atoms with Gasteiger partial charge in [0, 0.05) is 22.8 Å². The van der Waals surface area contributed by atoms with Gasteiger partial charge in [0.1, 0.15) is 0 Å². The summed E-state index contributed by atoms with van der Waals surface area (Å²) in [5.41, 5.74) is 5.91. The molecule has 4 rings (SSSR count). The summed E-state index contributed by atoms with van der Waals surface area (Å²) >= 11 is 1.63. The minimum atomic E-state index is -0.321. The molecule has 2 bridgehead atoms. The molecule has 3 saturated carbocycles. The van der Waals surface area contributed by atoms with E-state index in [1.54, 1.807) is 11.3 Å². The third-order valence-electron chi connectivity index (χ3n) is 5.19. The van der Waals surface area contributed by atoms with E-state index < -0.39 is 0 Å². The number of nitrogens with one attached hydrogen (secondary N) is 1. The number of hydrogen-bond donors (Lipinski definition) is 2. The molecule has 3 aliphatic rings. The minimum absolute atomic E-state index is 0.321. The van der Waals surface area contributed by atoms with Crippen molar-refractivity contribution in [2.45, 2.75) is 31.8 Å². The third-order valence-corrected chi connectivity index (χ3v) is 6.12. The fourth-order valence-electron chi connectivity index (χ4n) is 4.42. The summed E-state index contributed by atoms with van der Waals surface area (Å²) < 4.78 is 0. The number of primary amides is 1. The van der Waals surface area contributed by atoms with E-state index in [2.05, 4.69) is 5.32 Å². The first-order valence-corrected chi connectivity index (χ1v) is 7.72. The number of carbonyl (C=O) groups excluding carboxylic acids is 1. The Kier molecular flexibility index (Phi) is 2.33. The lowest BCUT2D eigenvalue weighted by Gasteiger charge is -2.09. The zero-order valence-electron chi connectivity index (χ0n) is 10.3. The molecule has 0 radical (unpaired) electrons. The first-order valence-electron chi connectivity index (χ1n) is 6.84.